The van der Waals surface area contributed by atoms with Crippen molar-refractivity contribution in [3.63, 3.8) is 0 Å². The Morgan fingerprint density at radius 1 is 1.07 bits per heavy atom. The minimum absolute atomic E-state index is 0.0864. The molecule has 0 aromatic heterocycles. The number of aldehydes is 1. The van der Waals surface area contributed by atoms with Crippen molar-refractivity contribution in [2.45, 2.75) is 52.9 Å². The zero-order chi connectivity index (χ0) is 20.0. The molecule has 0 atom stereocenters. The molecule has 0 saturated carbocycles. The second-order valence-electron chi connectivity index (χ2n) is 7.67. The summed E-state index contributed by atoms with van der Waals surface area (Å²) in [6.07, 6.45) is 2.74. The van der Waals surface area contributed by atoms with Gasteiger partial charge in [-0.1, -0.05) is 52.3 Å². The average molecular weight is 370 g/mol. The van der Waals surface area contributed by atoms with Gasteiger partial charge >= 0.3 is 0 Å². The monoisotopic (exact) mass is 370 g/mol. The number of rotatable bonds is 8. The predicted molar refractivity (Wildman–Crippen MR) is 109 cm³/mol. The molecular formula is C23H30O4. The molecule has 2 aromatic rings. The van der Waals surface area contributed by atoms with Crippen LogP contribution in [0.5, 0.6) is 23.0 Å². The van der Waals surface area contributed by atoms with Gasteiger partial charge in [0.2, 0.25) is 5.75 Å². The molecule has 0 aliphatic carbocycles. The van der Waals surface area contributed by atoms with Gasteiger partial charge in [-0.25, -0.2) is 0 Å². The van der Waals surface area contributed by atoms with Crippen LogP contribution in [0.2, 0.25) is 0 Å². The number of carbonyl (C=O) groups is 1. The number of ether oxygens (including phenoxy) is 3. The van der Waals surface area contributed by atoms with E-state index in [1.165, 1.54) is 0 Å². The van der Waals surface area contributed by atoms with Crippen LogP contribution in [0.25, 0.3) is 0 Å². The predicted octanol–water partition coefficient (Wildman–Crippen LogP) is 6.08. The van der Waals surface area contributed by atoms with Gasteiger partial charge in [-0.05, 0) is 36.5 Å². The minimum atomic E-state index is -0.0864. The Hall–Kier alpha value is -2.49. The molecule has 0 radical (unpaired) electrons. The second kappa shape index (κ2) is 8.94. The molecule has 2 aromatic carbocycles. The maximum absolute atomic E-state index is 11.4. The Labute approximate surface area is 162 Å². The normalized spacial score (nSPS) is 11.2. The van der Waals surface area contributed by atoms with Crippen molar-refractivity contribution in [2.24, 2.45) is 0 Å². The lowest BCUT2D eigenvalue weighted by atomic mass is 9.85. The van der Waals surface area contributed by atoms with E-state index in [0.717, 1.165) is 36.0 Å². The molecule has 0 fully saturated rings. The fraction of sp³-hybridized carbons (Fsp3) is 0.435. The van der Waals surface area contributed by atoms with Crippen molar-refractivity contribution < 1.29 is 19.0 Å². The molecule has 0 amide bonds. The second-order valence-corrected chi connectivity index (χ2v) is 7.67. The Bertz CT molecular complexity index is 788. The van der Waals surface area contributed by atoms with Crippen LogP contribution < -0.4 is 14.2 Å². The highest BCUT2D eigenvalue weighted by atomic mass is 16.5. The molecule has 0 aliphatic heterocycles. The summed E-state index contributed by atoms with van der Waals surface area (Å²) in [5, 5.41) is 0. The molecule has 0 saturated heterocycles. The summed E-state index contributed by atoms with van der Waals surface area (Å²) in [4.78, 5) is 11.4. The van der Waals surface area contributed by atoms with Gasteiger partial charge in [-0.3, -0.25) is 4.79 Å². The van der Waals surface area contributed by atoms with Crippen LogP contribution in [0.4, 0.5) is 0 Å². The molecule has 0 N–H and O–H groups in total. The maximum Gasteiger partial charge on any atom is 0.204 e. The Kier molecular flexibility index (Phi) is 6.89. The van der Waals surface area contributed by atoms with E-state index in [0.29, 0.717) is 29.4 Å². The van der Waals surface area contributed by atoms with E-state index >= 15 is 0 Å². The van der Waals surface area contributed by atoms with Crippen molar-refractivity contribution in [2.75, 3.05) is 13.7 Å². The van der Waals surface area contributed by atoms with Crippen LogP contribution in [0.3, 0.4) is 0 Å². The van der Waals surface area contributed by atoms with Crippen LogP contribution in [-0.4, -0.2) is 20.0 Å². The zero-order valence-corrected chi connectivity index (χ0v) is 17.2. The average Bonchev–Trinajstić information content (AvgIpc) is 2.63. The van der Waals surface area contributed by atoms with Crippen molar-refractivity contribution in [3.05, 3.63) is 47.0 Å². The first-order valence-corrected chi connectivity index (χ1v) is 9.39. The quantitative estimate of drug-likeness (QED) is 0.417. The lowest BCUT2D eigenvalue weighted by Crippen LogP contribution is -2.13. The van der Waals surface area contributed by atoms with Crippen LogP contribution in [-0.2, 0) is 5.41 Å². The van der Waals surface area contributed by atoms with Crippen LogP contribution in [0, 0.1) is 6.92 Å². The lowest BCUT2D eigenvalue weighted by Gasteiger charge is -2.25. The largest absolute Gasteiger partial charge is 0.493 e. The standard InChI is InChI=1S/C23H30O4/c1-7-8-12-26-22-19(25-6)13-17(15-24)14-20(22)27-21-16(2)10-9-11-18(21)23(3,4)5/h9-11,13-15H,7-8,12H2,1-6H3. The molecule has 146 valence electrons. The van der Waals surface area contributed by atoms with E-state index in [-0.39, 0.29) is 5.41 Å². The highest BCUT2D eigenvalue weighted by Gasteiger charge is 2.23. The summed E-state index contributed by atoms with van der Waals surface area (Å²) in [7, 11) is 1.56. The lowest BCUT2D eigenvalue weighted by molar-refractivity contribution is 0.112. The number of hydrogen-bond acceptors (Lipinski definition) is 4. The molecule has 0 unspecified atom stereocenters. The molecule has 27 heavy (non-hydrogen) atoms. The van der Waals surface area contributed by atoms with E-state index in [9.17, 15) is 4.79 Å². The maximum atomic E-state index is 11.4. The van der Waals surface area contributed by atoms with Crippen molar-refractivity contribution >= 4 is 6.29 Å². The molecule has 0 aliphatic rings. The van der Waals surface area contributed by atoms with Gasteiger partial charge in [0.25, 0.3) is 0 Å². The first kappa shape index (κ1) is 20.8. The SMILES string of the molecule is CCCCOc1c(OC)cc(C=O)cc1Oc1c(C)cccc1C(C)(C)C. The fourth-order valence-electron chi connectivity index (χ4n) is 2.84. The summed E-state index contributed by atoms with van der Waals surface area (Å²) in [5.41, 5.74) is 2.52. The van der Waals surface area contributed by atoms with E-state index in [1.807, 2.05) is 19.1 Å². The van der Waals surface area contributed by atoms with Crippen molar-refractivity contribution in [1.29, 1.82) is 0 Å². The Morgan fingerprint density at radius 3 is 2.37 bits per heavy atom. The molecule has 2 rings (SSSR count). The molecule has 0 bridgehead atoms. The van der Waals surface area contributed by atoms with Crippen LogP contribution >= 0.6 is 0 Å². The molecule has 0 heterocycles. The van der Waals surface area contributed by atoms with Gasteiger partial charge in [-0.2, -0.15) is 0 Å². The number of hydrogen-bond donors (Lipinski definition) is 0. The van der Waals surface area contributed by atoms with Crippen LogP contribution in [0.15, 0.2) is 30.3 Å². The van der Waals surface area contributed by atoms with Gasteiger partial charge in [0.15, 0.2) is 11.5 Å². The summed E-state index contributed by atoms with van der Waals surface area (Å²) in [6, 6.07) is 9.49. The number of unbranched alkanes of at least 4 members (excludes halogenated alkanes) is 1. The van der Waals surface area contributed by atoms with Gasteiger partial charge in [-0.15, -0.1) is 0 Å². The smallest absolute Gasteiger partial charge is 0.204 e. The topological polar surface area (TPSA) is 44.8 Å². The first-order chi connectivity index (χ1) is 12.8. The number of para-hydroxylation sites is 1. The molecule has 4 heteroatoms. The third-order valence-corrected chi connectivity index (χ3v) is 4.38. The highest BCUT2D eigenvalue weighted by molar-refractivity contribution is 5.78. The number of carbonyl (C=O) groups excluding carboxylic acids is 1. The summed E-state index contributed by atoms with van der Waals surface area (Å²) < 4.78 is 17.8. The summed E-state index contributed by atoms with van der Waals surface area (Å²) in [6.45, 7) is 11.1. The summed E-state index contributed by atoms with van der Waals surface area (Å²) in [5.74, 6) is 2.30. The first-order valence-electron chi connectivity index (χ1n) is 9.39. The molecular weight excluding hydrogens is 340 g/mol. The number of benzene rings is 2. The van der Waals surface area contributed by atoms with Gasteiger partial charge in [0.05, 0.1) is 13.7 Å². The molecule has 4 nitrogen and oxygen atoms in total. The summed E-state index contributed by atoms with van der Waals surface area (Å²) >= 11 is 0. The van der Waals surface area contributed by atoms with Gasteiger partial charge in [0, 0.05) is 11.1 Å². The minimum Gasteiger partial charge on any atom is -0.493 e. The Morgan fingerprint density at radius 2 is 1.78 bits per heavy atom. The van der Waals surface area contributed by atoms with Crippen molar-refractivity contribution in [1.82, 2.24) is 0 Å². The number of methoxy groups -OCH3 is 1. The van der Waals surface area contributed by atoms with Crippen molar-refractivity contribution in [3.8, 4) is 23.0 Å². The third-order valence-electron chi connectivity index (χ3n) is 4.38. The Balaban J connectivity index is 2.56. The highest BCUT2D eigenvalue weighted by Crippen LogP contribution is 2.44. The third kappa shape index (κ3) is 5.03. The van der Waals surface area contributed by atoms with Gasteiger partial charge in [0.1, 0.15) is 12.0 Å². The van der Waals surface area contributed by atoms with Gasteiger partial charge < -0.3 is 14.2 Å². The van der Waals surface area contributed by atoms with E-state index < -0.39 is 0 Å². The zero-order valence-electron chi connectivity index (χ0n) is 17.2. The van der Waals surface area contributed by atoms with Crippen LogP contribution in [0.1, 0.15) is 62.0 Å². The molecule has 0 spiro atoms. The fourth-order valence-corrected chi connectivity index (χ4v) is 2.84. The van der Waals surface area contributed by atoms with E-state index in [2.05, 4.69) is 33.8 Å². The van der Waals surface area contributed by atoms with E-state index in [1.54, 1.807) is 19.2 Å². The number of aryl methyl sites for hydroxylation is 1. The van der Waals surface area contributed by atoms with E-state index in [4.69, 9.17) is 14.2 Å².